The van der Waals surface area contributed by atoms with Crippen molar-refractivity contribution in [3.8, 4) is 0 Å². The summed E-state index contributed by atoms with van der Waals surface area (Å²) in [6.07, 6.45) is 5.64. The van der Waals surface area contributed by atoms with Gasteiger partial charge in [0, 0.05) is 0 Å². The minimum Gasteiger partial charge on any atom is -0.390 e. The molecule has 0 aliphatic heterocycles. The van der Waals surface area contributed by atoms with E-state index in [1.807, 2.05) is 13.8 Å². The van der Waals surface area contributed by atoms with Crippen LogP contribution in [0.4, 0.5) is 0 Å². The highest BCUT2D eigenvalue weighted by Crippen LogP contribution is 2.52. The number of aliphatic hydroxyl groups is 2. The third-order valence-electron chi connectivity index (χ3n) is 5.14. The Bertz CT molecular complexity index is 328. The topological polar surface area (TPSA) is 40.5 Å². The van der Waals surface area contributed by atoms with Crippen molar-refractivity contribution in [2.75, 3.05) is 0 Å². The molecule has 17 heavy (non-hydrogen) atoms. The zero-order valence-electron chi connectivity index (χ0n) is 11.5. The van der Waals surface area contributed by atoms with Gasteiger partial charge in [0.15, 0.2) is 0 Å². The second kappa shape index (κ2) is 4.10. The van der Waals surface area contributed by atoms with E-state index >= 15 is 0 Å². The van der Waals surface area contributed by atoms with Gasteiger partial charge in [0.05, 0.1) is 11.7 Å². The molecule has 1 fully saturated rings. The monoisotopic (exact) mass is 238 g/mol. The van der Waals surface area contributed by atoms with Crippen LogP contribution in [0.3, 0.4) is 0 Å². The van der Waals surface area contributed by atoms with Gasteiger partial charge in [-0.15, -0.1) is 0 Å². The molecule has 0 aromatic rings. The molecule has 2 aliphatic carbocycles. The first-order chi connectivity index (χ1) is 7.76. The third-order valence-corrected chi connectivity index (χ3v) is 5.14. The molecule has 0 heterocycles. The summed E-state index contributed by atoms with van der Waals surface area (Å²) in [7, 11) is 0. The first-order valence-corrected chi connectivity index (χ1v) is 6.83. The van der Waals surface area contributed by atoms with Crippen LogP contribution < -0.4 is 0 Å². The van der Waals surface area contributed by atoms with Gasteiger partial charge in [-0.2, -0.15) is 0 Å². The summed E-state index contributed by atoms with van der Waals surface area (Å²) in [4.78, 5) is 0. The molecule has 2 aliphatic rings. The summed E-state index contributed by atoms with van der Waals surface area (Å²) in [6, 6.07) is 0. The molecule has 2 rings (SSSR count). The fraction of sp³-hybridized carbons (Fsp3) is 0.867. The first-order valence-electron chi connectivity index (χ1n) is 6.83. The van der Waals surface area contributed by atoms with Crippen molar-refractivity contribution in [3.63, 3.8) is 0 Å². The van der Waals surface area contributed by atoms with Crippen molar-refractivity contribution in [2.24, 2.45) is 17.3 Å². The summed E-state index contributed by atoms with van der Waals surface area (Å²) in [5, 5.41) is 21.1. The molecular formula is C15H26O2. The number of fused-ring (bicyclic) bond motifs is 1. The lowest BCUT2D eigenvalue weighted by Gasteiger charge is -2.47. The van der Waals surface area contributed by atoms with Gasteiger partial charge < -0.3 is 10.2 Å². The van der Waals surface area contributed by atoms with Gasteiger partial charge in [-0.1, -0.05) is 26.3 Å². The largest absolute Gasteiger partial charge is 0.390 e. The van der Waals surface area contributed by atoms with Gasteiger partial charge in [0.2, 0.25) is 0 Å². The molecule has 0 aromatic heterocycles. The van der Waals surface area contributed by atoms with Gasteiger partial charge in [0.25, 0.3) is 0 Å². The normalized spacial score (nSPS) is 45.8. The Labute approximate surface area is 105 Å². The van der Waals surface area contributed by atoms with E-state index in [4.69, 9.17) is 0 Å². The molecule has 0 amide bonds. The molecule has 0 saturated heterocycles. The van der Waals surface area contributed by atoms with Crippen LogP contribution in [0.5, 0.6) is 0 Å². The molecule has 2 heteroatoms. The minimum absolute atomic E-state index is 0.111. The van der Waals surface area contributed by atoms with Crippen molar-refractivity contribution >= 4 is 0 Å². The number of aliphatic hydroxyl groups excluding tert-OH is 1. The maximum Gasteiger partial charge on any atom is 0.0784 e. The molecule has 4 atom stereocenters. The van der Waals surface area contributed by atoms with Crippen molar-refractivity contribution in [2.45, 2.75) is 65.1 Å². The van der Waals surface area contributed by atoms with E-state index in [2.05, 4.69) is 19.9 Å². The number of rotatable bonds is 0. The average molecular weight is 238 g/mol. The molecule has 0 bridgehead atoms. The molecule has 0 unspecified atom stereocenters. The highest BCUT2D eigenvalue weighted by molar-refractivity contribution is 5.17. The molecule has 2 N–H and O–H groups in total. The van der Waals surface area contributed by atoms with E-state index in [1.165, 1.54) is 0 Å². The van der Waals surface area contributed by atoms with Crippen LogP contribution >= 0.6 is 0 Å². The van der Waals surface area contributed by atoms with E-state index < -0.39 is 5.60 Å². The van der Waals surface area contributed by atoms with Crippen molar-refractivity contribution in [3.05, 3.63) is 11.6 Å². The summed E-state index contributed by atoms with van der Waals surface area (Å²) < 4.78 is 0. The fourth-order valence-electron chi connectivity index (χ4n) is 3.95. The summed E-state index contributed by atoms with van der Waals surface area (Å²) in [5.41, 5.74) is 0.563. The highest BCUT2D eigenvalue weighted by atomic mass is 16.3. The quantitative estimate of drug-likeness (QED) is 0.637. The van der Waals surface area contributed by atoms with Gasteiger partial charge in [-0.05, 0) is 55.9 Å². The smallest absolute Gasteiger partial charge is 0.0784 e. The second-order valence-corrected chi connectivity index (χ2v) is 6.96. The predicted octanol–water partition coefficient (Wildman–Crippen LogP) is 2.89. The van der Waals surface area contributed by atoms with Crippen LogP contribution in [-0.4, -0.2) is 21.9 Å². The van der Waals surface area contributed by atoms with Crippen LogP contribution in [0.1, 0.15) is 53.4 Å². The molecule has 1 saturated carbocycles. The van der Waals surface area contributed by atoms with Crippen LogP contribution in [0.15, 0.2) is 11.6 Å². The number of allylic oxidation sites excluding steroid dienone is 1. The molecular weight excluding hydrogens is 212 g/mol. The Morgan fingerprint density at radius 2 is 1.88 bits per heavy atom. The van der Waals surface area contributed by atoms with Gasteiger partial charge in [-0.25, -0.2) is 0 Å². The average Bonchev–Trinajstić information content (AvgIpc) is 2.28. The first kappa shape index (κ1) is 13.1. The Hall–Kier alpha value is -0.340. The summed E-state index contributed by atoms with van der Waals surface area (Å²) in [5.74, 6) is 0.378. The summed E-state index contributed by atoms with van der Waals surface area (Å²) >= 11 is 0. The minimum atomic E-state index is -0.628. The Morgan fingerprint density at radius 1 is 1.24 bits per heavy atom. The lowest BCUT2D eigenvalue weighted by molar-refractivity contribution is -0.0797. The van der Waals surface area contributed by atoms with Crippen molar-refractivity contribution < 1.29 is 10.2 Å². The molecule has 2 nitrogen and oxygen atoms in total. The van der Waals surface area contributed by atoms with Crippen LogP contribution in [0, 0.1) is 17.3 Å². The predicted molar refractivity (Wildman–Crippen MR) is 69.6 cm³/mol. The van der Waals surface area contributed by atoms with Gasteiger partial charge >= 0.3 is 0 Å². The molecule has 98 valence electrons. The van der Waals surface area contributed by atoms with Crippen molar-refractivity contribution in [1.82, 2.24) is 0 Å². The Morgan fingerprint density at radius 3 is 2.53 bits per heavy atom. The van der Waals surface area contributed by atoms with Gasteiger partial charge in [-0.3, -0.25) is 0 Å². The fourth-order valence-corrected chi connectivity index (χ4v) is 3.95. The van der Waals surface area contributed by atoms with Crippen LogP contribution in [0.2, 0.25) is 0 Å². The van der Waals surface area contributed by atoms with E-state index in [0.29, 0.717) is 0 Å². The van der Waals surface area contributed by atoms with E-state index in [1.54, 1.807) is 0 Å². The van der Waals surface area contributed by atoms with Crippen molar-refractivity contribution in [1.29, 1.82) is 0 Å². The zero-order valence-corrected chi connectivity index (χ0v) is 11.5. The lowest BCUT2D eigenvalue weighted by Crippen LogP contribution is -2.49. The second-order valence-electron chi connectivity index (χ2n) is 6.96. The number of hydrogen-bond acceptors (Lipinski definition) is 2. The van der Waals surface area contributed by atoms with E-state index in [0.717, 1.165) is 31.3 Å². The summed E-state index contributed by atoms with van der Waals surface area (Å²) in [6.45, 7) is 8.45. The standard InChI is InChI=1S/C15H26O2/c1-10-6-7-11-12(13(10)16)14(2,3)8-5-9-15(11,4)17/h6,11-13,16-17H,5,7-9H2,1-4H3/t11-,12-,13-,15-/m1/s1. The van der Waals surface area contributed by atoms with E-state index in [9.17, 15) is 10.2 Å². The zero-order chi connectivity index (χ0) is 12.8. The third kappa shape index (κ3) is 2.17. The van der Waals surface area contributed by atoms with Crippen LogP contribution in [-0.2, 0) is 0 Å². The maximum absolute atomic E-state index is 10.6. The Kier molecular flexibility index (Phi) is 3.16. The lowest BCUT2D eigenvalue weighted by atomic mass is 9.61. The SMILES string of the molecule is CC1=CC[C@@H]2[C@H]([C@@H]1O)C(C)(C)CCC[C@@]2(C)O. The Balaban J connectivity index is 2.42. The van der Waals surface area contributed by atoms with Gasteiger partial charge in [0.1, 0.15) is 0 Å². The molecule has 0 radical (unpaired) electrons. The maximum atomic E-state index is 10.6. The van der Waals surface area contributed by atoms with E-state index in [-0.39, 0.29) is 23.4 Å². The highest BCUT2D eigenvalue weighted by Gasteiger charge is 2.50. The number of hydrogen-bond donors (Lipinski definition) is 2. The molecule has 0 aromatic carbocycles. The van der Waals surface area contributed by atoms with Crippen LogP contribution in [0.25, 0.3) is 0 Å². The molecule has 0 spiro atoms.